The monoisotopic (exact) mass is 803 g/mol. The molecule has 14 nitrogen and oxygen atoms in total. The van der Waals surface area contributed by atoms with Crippen LogP contribution in [-0.4, -0.2) is 85.2 Å². The Labute approximate surface area is 328 Å². The number of aromatic nitrogens is 6. The molecule has 0 spiro atoms. The number of nitrogens with one attached hydrogen (secondary N) is 1. The van der Waals surface area contributed by atoms with Gasteiger partial charge in [-0.1, -0.05) is 54.9 Å². The topological polar surface area (TPSA) is 149 Å². The van der Waals surface area contributed by atoms with Crippen molar-refractivity contribution in [1.29, 1.82) is 0 Å². The minimum atomic E-state index is -4.61. The number of benzene rings is 2. The first-order valence-electron chi connectivity index (χ1n) is 18.5. The van der Waals surface area contributed by atoms with E-state index in [1.54, 1.807) is 9.47 Å². The number of hydrogen-bond donors (Lipinski definition) is 1. The van der Waals surface area contributed by atoms with Crippen LogP contribution in [0.2, 0.25) is 5.02 Å². The number of hydrogen-bond acceptors (Lipinski definition) is 10. The van der Waals surface area contributed by atoms with Gasteiger partial charge in [0.1, 0.15) is 25.2 Å². The van der Waals surface area contributed by atoms with Crippen molar-refractivity contribution >= 4 is 46.1 Å². The summed E-state index contributed by atoms with van der Waals surface area (Å²) in [7, 11) is 0. The Kier molecular flexibility index (Phi) is 10.4. The van der Waals surface area contributed by atoms with Crippen LogP contribution in [0.3, 0.4) is 0 Å². The molecule has 2 unspecified atom stereocenters. The Morgan fingerprint density at radius 3 is 2.58 bits per heavy atom. The normalized spacial score (nSPS) is 18.2. The predicted molar refractivity (Wildman–Crippen MR) is 203 cm³/mol. The number of ether oxygens (including phenoxy) is 2. The molecule has 3 aliphatic rings. The largest absolute Gasteiger partial charge is 0.485 e. The number of piperazine rings is 1. The lowest BCUT2D eigenvalue weighted by molar-refractivity contribution is -0.137. The summed E-state index contributed by atoms with van der Waals surface area (Å²) >= 11 is 6.17. The Hall–Kier alpha value is -5.81. The van der Waals surface area contributed by atoms with E-state index in [2.05, 4.69) is 26.5 Å². The molecule has 2 saturated heterocycles. The third-order valence-electron chi connectivity index (χ3n) is 10.5. The number of fused-ring (bicyclic) bond motifs is 2. The van der Waals surface area contributed by atoms with Crippen molar-refractivity contribution in [2.24, 2.45) is 11.8 Å². The summed E-state index contributed by atoms with van der Waals surface area (Å²) < 4.78 is 54.2. The van der Waals surface area contributed by atoms with Crippen LogP contribution in [-0.2, 0) is 35.3 Å². The van der Waals surface area contributed by atoms with E-state index in [4.69, 9.17) is 26.1 Å². The molecule has 2 aliphatic heterocycles. The second-order valence-corrected chi connectivity index (χ2v) is 14.5. The molecule has 2 fully saturated rings. The first-order chi connectivity index (χ1) is 27.5. The molecular weight excluding hydrogens is 767 g/mol. The highest BCUT2D eigenvalue weighted by Crippen LogP contribution is 2.39. The summed E-state index contributed by atoms with van der Waals surface area (Å²) in [6.07, 6.45) is 1.20. The SMILES string of the molecule is CCc1c(N2CCN(C(=O)c3ncncc3OCc3ccccc3)CC2)c(=O)n2nc(C3=CC4COCC4C3)nc2n1CC(=O)Nc1ccc(C(F)(F)F)cc1Cl. The second-order valence-electron chi connectivity index (χ2n) is 14.1. The van der Waals surface area contributed by atoms with Crippen molar-refractivity contribution in [3.05, 3.63) is 111 Å². The lowest BCUT2D eigenvalue weighted by Gasteiger charge is -2.36. The van der Waals surface area contributed by atoms with Gasteiger partial charge in [0.05, 0.1) is 41.4 Å². The Bertz CT molecular complexity index is 2430. The van der Waals surface area contributed by atoms with Gasteiger partial charge in [-0.2, -0.15) is 22.7 Å². The first-order valence-corrected chi connectivity index (χ1v) is 18.8. The highest BCUT2D eigenvalue weighted by molar-refractivity contribution is 6.33. The quantitative estimate of drug-likeness (QED) is 0.201. The van der Waals surface area contributed by atoms with E-state index < -0.39 is 23.2 Å². The molecule has 5 aromatic rings. The number of halogens is 4. The lowest BCUT2D eigenvalue weighted by atomic mass is 10.00. The fourth-order valence-electron chi connectivity index (χ4n) is 7.58. The fourth-order valence-corrected chi connectivity index (χ4v) is 7.81. The van der Waals surface area contributed by atoms with Crippen molar-refractivity contribution in [3.8, 4) is 5.75 Å². The average molecular weight is 804 g/mol. The van der Waals surface area contributed by atoms with Gasteiger partial charge >= 0.3 is 6.18 Å². The highest BCUT2D eigenvalue weighted by atomic mass is 35.5. The van der Waals surface area contributed by atoms with Crippen LogP contribution in [0, 0.1) is 11.8 Å². The molecular formula is C39H37ClF3N9O5. The zero-order valence-electron chi connectivity index (χ0n) is 30.7. The molecule has 5 heterocycles. The van der Waals surface area contributed by atoms with E-state index in [-0.39, 0.29) is 79.1 Å². The standard InChI is InChI=1S/C39H37ClF3N9O5/c1-2-30-34(49-10-12-50(13-11-49)36(54)33-31(17-44-22-45-33)57-19-23-6-4-3-5-7-23)37(55)52-38(47-35(48-52)24-14-25-20-56-21-26(25)15-24)51(30)18-32(53)46-29-9-8-27(16-28(29)40)39(41,42)43/h3-9,14,16-17,22,25-26H,2,10-13,15,18-21H2,1H3,(H,46,53). The summed E-state index contributed by atoms with van der Waals surface area (Å²) in [6, 6.07) is 12.2. The first kappa shape index (κ1) is 38.1. The molecule has 18 heteroatoms. The molecule has 57 heavy (non-hydrogen) atoms. The number of amides is 2. The van der Waals surface area contributed by atoms with Crippen molar-refractivity contribution in [3.63, 3.8) is 0 Å². The van der Waals surface area contributed by atoms with Crippen molar-refractivity contribution in [2.45, 2.75) is 39.1 Å². The maximum absolute atomic E-state index is 14.4. The number of allylic oxidation sites excluding steroid dienone is 1. The number of nitrogens with zero attached hydrogens (tertiary/aromatic N) is 8. The van der Waals surface area contributed by atoms with E-state index in [9.17, 15) is 27.6 Å². The zero-order valence-corrected chi connectivity index (χ0v) is 31.5. The van der Waals surface area contributed by atoms with Crippen LogP contribution in [0.5, 0.6) is 5.75 Å². The van der Waals surface area contributed by atoms with Gasteiger partial charge in [0.15, 0.2) is 17.3 Å². The van der Waals surface area contributed by atoms with Gasteiger partial charge in [0.25, 0.3) is 11.5 Å². The van der Waals surface area contributed by atoms with Crippen molar-refractivity contribution in [1.82, 2.24) is 34.0 Å². The molecule has 2 aromatic carbocycles. The van der Waals surface area contributed by atoms with E-state index in [1.807, 2.05) is 42.2 Å². The molecule has 1 aliphatic carbocycles. The third kappa shape index (κ3) is 7.68. The van der Waals surface area contributed by atoms with Gasteiger partial charge in [-0.05, 0) is 48.1 Å². The maximum Gasteiger partial charge on any atom is 0.416 e. The van der Waals surface area contributed by atoms with Gasteiger partial charge in [0, 0.05) is 32.1 Å². The molecule has 296 valence electrons. The second kappa shape index (κ2) is 15.6. The molecule has 2 atom stereocenters. The van der Waals surface area contributed by atoms with Crippen LogP contribution >= 0.6 is 11.6 Å². The van der Waals surface area contributed by atoms with E-state index in [0.717, 1.165) is 29.3 Å². The predicted octanol–water partition coefficient (Wildman–Crippen LogP) is 5.15. The van der Waals surface area contributed by atoms with E-state index in [1.165, 1.54) is 17.0 Å². The Morgan fingerprint density at radius 2 is 1.86 bits per heavy atom. The van der Waals surface area contributed by atoms with Gasteiger partial charge in [-0.25, -0.2) is 9.97 Å². The molecule has 8 rings (SSSR count). The number of alkyl halides is 3. The number of carbonyl (C=O) groups is 2. The molecule has 0 bridgehead atoms. The van der Waals surface area contributed by atoms with Crippen molar-refractivity contribution < 1.29 is 32.2 Å². The lowest BCUT2D eigenvalue weighted by Crippen LogP contribution is -2.51. The van der Waals surface area contributed by atoms with Crippen LogP contribution < -0.4 is 20.5 Å². The summed E-state index contributed by atoms with van der Waals surface area (Å²) in [5, 5.41) is 7.00. The van der Waals surface area contributed by atoms with E-state index in [0.29, 0.717) is 49.2 Å². The average Bonchev–Trinajstić information content (AvgIpc) is 3.95. The molecule has 3 aromatic heterocycles. The summed E-state index contributed by atoms with van der Waals surface area (Å²) in [4.78, 5) is 58.5. The number of anilines is 2. The summed E-state index contributed by atoms with van der Waals surface area (Å²) in [6.45, 7) is 3.97. The van der Waals surface area contributed by atoms with Gasteiger partial charge in [0.2, 0.25) is 11.7 Å². The fraction of sp³-hybridized carbons (Fsp3) is 0.359. The van der Waals surface area contributed by atoms with Crippen LogP contribution in [0.25, 0.3) is 11.4 Å². The highest BCUT2D eigenvalue weighted by Gasteiger charge is 2.36. The third-order valence-corrected chi connectivity index (χ3v) is 10.8. The van der Waals surface area contributed by atoms with Gasteiger partial charge in [-0.15, -0.1) is 5.10 Å². The summed E-state index contributed by atoms with van der Waals surface area (Å²) in [5.74, 6) is 0.318. The van der Waals surface area contributed by atoms with Crippen LogP contribution in [0.15, 0.2) is 71.9 Å². The Balaban J connectivity index is 1.08. The van der Waals surface area contributed by atoms with Gasteiger partial charge < -0.3 is 29.2 Å². The minimum Gasteiger partial charge on any atom is -0.485 e. The summed E-state index contributed by atoms with van der Waals surface area (Å²) in [5.41, 5.74) is 1.33. The van der Waals surface area contributed by atoms with Crippen molar-refractivity contribution in [2.75, 3.05) is 49.6 Å². The molecule has 0 saturated carbocycles. The zero-order chi connectivity index (χ0) is 39.8. The smallest absolute Gasteiger partial charge is 0.416 e. The maximum atomic E-state index is 14.4. The minimum absolute atomic E-state index is 0.00451. The van der Waals surface area contributed by atoms with Crippen LogP contribution in [0.1, 0.15) is 46.5 Å². The van der Waals surface area contributed by atoms with E-state index >= 15 is 0 Å². The number of rotatable bonds is 10. The Morgan fingerprint density at radius 1 is 1.07 bits per heavy atom. The van der Waals surface area contributed by atoms with Gasteiger partial charge in [-0.3, -0.25) is 14.4 Å². The van der Waals surface area contributed by atoms with Crippen LogP contribution in [0.4, 0.5) is 24.5 Å². The number of carbonyl (C=O) groups excluding carboxylic acids is 2. The molecule has 1 N–H and O–H groups in total. The molecule has 2 amide bonds. The molecule has 0 radical (unpaired) electrons.